The van der Waals surface area contributed by atoms with Crippen LogP contribution in [0.2, 0.25) is 0 Å². The van der Waals surface area contributed by atoms with Gasteiger partial charge in [0.05, 0.1) is 18.6 Å². The summed E-state index contributed by atoms with van der Waals surface area (Å²) in [4.78, 5) is 0. The number of methoxy groups -OCH3 is 1. The summed E-state index contributed by atoms with van der Waals surface area (Å²) in [5, 5.41) is 17.8. The molecule has 0 fully saturated rings. The molecular weight excluding hydrogens is 398 g/mol. The zero-order chi connectivity index (χ0) is 21.1. The Morgan fingerprint density at radius 2 is 1.77 bits per heavy atom. The molecule has 0 spiro atoms. The predicted molar refractivity (Wildman–Crippen MR) is 116 cm³/mol. The number of thioether (sulfide) groups is 1. The second-order valence-electron chi connectivity index (χ2n) is 7.09. The van der Waals surface area contributed by atoms with E-state index in [0.29, 0.717) is 23.5 Å². The van der Waals surface area contributed by atoms with E-state index in [2.05, 4.69) is 57.0 Å². The average molecular weight is 422 g/mol. The lowest BCUT2D eigenvalue weighted by Crippen LogP contribution is -2.05. The SMILES string of the molecule is COc1ccc(-c2nnc(SCc3nnc(C)o3)n2-c2ccccc2C(C)C)cc1. The molecule has 0 atom stereocenters. The predicted octanol–water partition coefficient (Wildman–Crippen LogP) is 5.05. The van der Waals surface area contributed by atoms with Gasteiger partial charge in [0, 0.05) is 12.5 Å². The maximum absolute atomic E-state index is 5.52. The van der Waals surface area contributed by atoms with E-state index in [1.807, 2.05) is 30.3 Å². The van der Waals surface area contributed by atoms with Gasteiger partial charge in [-0.15, -0.1) is 20.4 Å². The lowest BCUT2D eigenvalue weighted by molar-refractivity contribution is 0.415. The van der Waals surface area contributed by atoms with E-state index in [9.17, 15) is 0 Å². The number of ether oxygens (including phenoxy) is 1. The van der Waals surface area contributed by atoms with Crippen molar-refractivity contribution in [2.75, 3.05) is 7.11 Å². The molecule has 0 aliphatic rings. The van der Waals surface area contributed by atoms with Crippen LogP contribution in [0.4, 0.5) is 0 Å². The Morgan fingerprint density at radius 3 is 2.43 bits per heavy atom. The first kappa shape index (κ1) is 20.2. The minimum Gasteiger partial charge on any atom is -0.497 e. The fourth-order valence-electron chi connectivity index (χ4n) is 3.21. The van der Waals surface area contributed by atoms with Crippen LogP contribution in [-0.4, -0.2) is 32.1 Å². The molecule has 2 heterocycles. The maximum atomic E-state index is 5.52. The van der Waals surface area contributed by atoms with E-state index < -0.39 is 0 Å². The topological polar surface area (TPSA) is 78.9 Å². The normalized spacial score (nSPS) is 11.2. The standard InChI is InChI=1S/C22H23N5O2S/c1-14(2)18-7-5-6-8-19(18)27-21(16-9-11-17(28-4)12-10-16)25-26-22(27)30-13-20-24-23-15(3)29-20/h5-12,14H,13H2,1-4H3. The van der Waals surface area contributed by atoms with E-state index in [1.54, 1.807) is 14.0 Å². The van der Waals surface area contributed by atoms with Crippen molar-refractivity contribution in [3.05, 3.63) is 65.9 Å². The van der Waals surface area contributed by atoms with Gasteiger partial charge in [0.2, 0.25) is 11.8 Å². The van der Waals surface area contributed by atoms with Gasteiger partial charge in [0.1, 0.15) is 5.75 Å². The molecule has 0 aliphatic carbocycles. The minimum absolute atomic E-state index is 0.351. The summed E-state index contributed by atoms with van der Waals surface area (Å²) < 4.78 is 12.9. The van der Waals surface area contributed by atoms with Gasteiger partial charge < -0.3 is 9.15 Å². The van der Waals surface area contributed by atoms with Crippen LogP contribution in [0.3, 0.4) is 0 Å². The van der Waals surface area contributed by atoms with Gasteiger partial charge >= 0.3 is 0 Å². The molecule has 4 aromatic rings. The molecule has 30 heavy (non-hydrogen) atoms. The average Bonchev–Trinajstić information content (AvgIpc) is 3.38. The van der Waals surface area contributed by atoms with Crippen molar-refractivity contribution >= 4 is 11.8 Å². The zero-order valence-electron chi connectivity index (χ0n) is 17.4. The van der Waals surface area contributed by atoms with Crippen molar-refractivity contribution in [1.82, 2.24) is 25.0 Å². The Balaban J connectivity index is 1.79. The van der Waals surface area contributed by atoms with E-state index in [4.69, 9.17) is 9.15 Å². The van der Waals surface area contributed by atoms with Crippen molar-refractivity contribution in [2.24, 2.45) is 0 Å². The molecule has 2 aromatic carbocycles. The lowest BCUT2D eigenvalue weighted by Gasteiger charge is -2.16. The number of benzene rings is 2. The minimum atomic E-state index is 0.351. The molecule has 7 nitrogen and oxygen atoms in total. The first-order chi connectivity index (χ1) is 14.6. The van der Waals surface area contributed by atoms with Gasteiger partial charge in [-0.05, 0) is 41.8 Å². The van der Waals surface area contributed by atoms with Crippen LogP contribution in [0.25, 0.3) is 17.1 Å². The van der Waals surface area contributed by atoms with Crippen molar-refractivity contribution in [3.8, 4) is 22.8 Å². The van der Waals surface area contributed by atoms with Gasteiger partial charge in [-0.1, -0.05) is 43.8 Å². The Labute approximate surface area is 179 Å². The van der Waals surface area contributed by atoms with Crippen molar-refractivity contribution in [3.63, 3.8) is 0 Å². The summed E-state index contributed by atoms with van der Waals surface area (Å²) in [6.45, 7) is 6.15. The van der Waals surface area contributed by atoms with Crippen LogP contribution < -0.4 is 4.74 Å². The smallest absolute Gasteiger partial charge is 0.226 e. The molecule has 8 heteroatoms. The monoisotopic (exact) mass is 421 g/mol. The van der Waals surface area contributed by atoms with Crippen LogP contribution in [0.15, 0.2) is 58.1 Å². The van der Waals surface area contributed by atoms with Crippen molar-refractivity contribution in [2.45, 2.75) is 37.6 Å². The zero-order valence-corrected chi connectivity index (χ0v) is 18.2. The van der Waals surface area contributed by atoms with E-state index in [-0.39, 0.29) is 0 Å². The second-order valence-corrected chi connectivity index (χ2v) is 8.03. The third-order valence-corrected chi connectivity index (χ3v) is 5.59. The quantitative estimate of drug-likeness (QED) is 0.386. The van der Waals surface area contributed by atoms with Gasteiger partial charge in [0.15, 0.2) is 11.0 Å². The number of aryl methyl sites for hydroxylation is 1. The molecule has 0 unspecified atom stereocenters. The third-order valence-electron chi connectivity index (χ3n) is 4.67. The van der Waals surface area contributed by atoms with Crippen LogP contribution >= 0.6 is 11.8 Å². The van der Waals surface area contributed by atoms with E-state index in [0.717, 1.165) is 28.0 Å². The number of nitrogens with zero attached hydrogens (tertiary/aromatic N) is 5. The molecule has 0 saturated heterocycles. The molecule has 0 saturated carbocycles. The molecule has 2 aromatic heterocycles. The molecule has 0 bridgehead atoms. The van der Waals surface area contributed by atoms with Crippen LogP contribution in [0.5, 0.6) is 5.75 Å². The summed E-state index contributed by atoms with van der Waals surface area (Å²) in [5.41, 5.74) is 3.25. The molecule has 0 aliphatic heterocycles. The Hall–Kier alpha value is -3.13. The molecule has 154 valence electrons. The first-order valence-electron chi connectivity index (χ1n) is 9.67. The number of para-hydroxylation sites is 1. The van der Waals surface area contributed by atoms with Crippen LogP contribution in [0, 0.1) is 6.92 Å². The van der Waals surface area contributed by atoms with Crippen LogP contribution in [0.1, 0.15) is 37.1 Å². The van der Waals surface area contributed by atoms with Gasteiger partial charge in [0.25, 0.3) is 0 Å². The van der Waals surface area contributed by atoms with Gasteiger partial charge in [-0.2, -0.15) is 0 Å². The summed E-state index contributed by atoms with van der Waals surface area (Å²) in [6.07, 6.45) is 0. The molecule has 0 amide bonds. The fraction of sp³-hybridized carbons (Fsp3) is 0.273. The highest BCUT2D eigenvalue weighted by Gasteiger charge is 2.20. The number of aromatic nitrogens is 5. The molecule has 4 rings (SSSR count). The maximum Gasteiger partial charge on any atom is 0.226 e. The lowest BCUT2D eigenvalue weighted by atomic mass is 10.0. The summed E-state index contributed by atoms with van der Waals surface area (Å²) in [7, 11) is 1.66. The van der Waals surface area contributed by atoms with Gasteiger partial charge in [-0.25, -0.2) is 0 Å². The molecule has 0 radical (unpaired) electrons. The molecular formula is C22H23N5O2S. The van der Waals surface area contributed by atoms with Crippen molar-refractivity contribution < 1.29 is 9.15 Å². The summed E-state index contributed by atoms with van der Waals surface area (Å²) in [5.74, 6) is 3.56. The Morgan fingerprint density at radius 1 is 1.00 bits per heavy atom. The van der Waals surface area contributed by atoms with Gasteiger partial charge in [-0.3, -0.25) is 4.57 Å². The van der Waals surface area contributed by atoms with Crippen LogP contribution in [-0.2, 0) is 5.75 Å². The summed E-state index contributed by atoms with van der Waals surface area (Å²) in [6, 6.07) is 16.2. The number of hydrogen-bond acceptors (Lipinski definition) is 7. The highest BCUT2D eigenvalue weighted by atomic mass is 32.2. The van der Waals surface area contributed by atoms with E-state index >= 15 is 0 Å². The highest BCUT2D eigenvalue weighted by molar-refractivity contribution is 7.98. The van der Waals surface area contributed by atoms with E-state index in [1.165, 1.54) is 17.3 Å². The summed E-state index contributed by atoms with van der Waals surface area (Å²) >= 11 is 1.52. The Kier molecular flexibility index (Phi) is 5.85. The fourth-order valence-corrected chi connectivity index (χ4v) is 3.99. The largest absolute Gasteiger partial charge is 0.497 e. The second kappa shape index (κ2) is 8.71. The number of rotatable bonds is 7. The van der Waals surface area contributed by atoms with Crippen molar-refractivity contribution in [1.29, 1.82) is 0 Å². The highest BCUT2D eigenvalue weighted by Crippen LogP contribution is 2.33. The Bertz CT molecular complexity index is 1130. The third kappa shape index (κ3) is 4.09. The first-order valence-corrected chi connectivity index (χ1v) is 10.7. The molecule has 0 N–H and O–H groups in total. The number of hydrogen-bond donors (Lipinski definition) is 0.